The van der Waals surface area contributed by atoms with E-state index in [1.54, 1.807) is 11.9 Å². The molecular weight excluding hydrogens is 436 g/mol. The average molecular weight is 469 g/mol. The zero-order chi connectivity index (χ0) is 23.9. The third-order valence-electron chi connectivity index (χ3n) is 5.70. The normalized spacial score (nSPS) is 15.7. The molecule has 2 aromatic heterocycles. The van der Waals surface area contributed by atoms with Gasteiger partial charge in [-0.25, -0.2) is 9.97 Å². The van der Waals surface area contributed by atoms with Crippen molar-refractivity contribution in [3.63, 3.8) is 0 Å². The van der Waals surface area contributed by atoms with E-state index in [0.717, 1.165) is 41.8 Å². The van der Waals surface area contributed by atoms with Crippen molar-refractivity contribution in [2.45, 2.75) is 19.9 Å². The molecule has 10 nitrogen and oxygen atoms in total. The molecule has 0 unspecified atom stereocenters. The van der Waals surface area contributed by atoms with Gasteiger partial charge in [-0.05, 0) is 44.6 Å². The van der Waals surface area contributed by atoms with Crippen LogP contribution in [0.3, 0.4) is 0 Å². The Hall–Kier alpha value is -3.37. The summed E-state index contributed by atoms with van der Waals surface area (Å²) in [5, 5.41) is 4.34. The predicted molar refractivity (Wildman–Crippen MR) is 130 cm³/mol. The maximum absolute atomic E-state index is 12.6. The van der Waals surface area contributed by atoms with Crippen molar-refractivity contribution in [2.75, 3.05) is 58.9 Å². The quantitative estimate of drug-likeness (QED) is 0.551. The molecule has 1 aliphatic rings. The number of nitrogens with zero attached hydrogens (tertiary/aromatic N) is 4. The fraction of sp³-hybridized carbons (Fsp3) is 0.458. The van der Waals surface area contributed by atoms with Crippen LogP contribution >= 0.6 is 0 Å². The van der Waals surface area contributed by atoms with Crippen LogP contribution in [0.1, 0.15) is 18.9 Å². The third kappa shape index (κ3) is 5.75. The van der Waals surface area contributed by atoms with E-state index < -0.39 is 0 Å². The molecule has 34 heavy (non-hydrogen) atoms. The highest BCUT2D eigenvalue weighted by Gasteiger charge is 2.17. The molecule has 1 aliphatic heterocycles. The van der Waals surface area contributed by atoms with Crippen LogP contribution in [0.15, 0.2) is 30.7 Å². The summed E-state index contributed by atoms with van der Waals surface area (Å²) < 4.78 is 17.1. The first-order chi connectivity index (χ1) is 16.5. The van der Waals surface area contributed by atoms with Crippen LogP contribution in [0.5, 0.6) is 11.5 Å². The summed E-state index contributed by atoms with van der Waals surface area (Å²) in [6.45, 7) is 5.58. The Labute approximate surface area is 199 Å². The number of benzene rings is 1. The maximum atomic E-state index is 12.6. The number of aromatic nitrogens is 3. The number of H-pyrrole nitrogens is 1. The molecule has 0 fully saturated rings. The first kappa shape index (κ1) is 23.8. The summed E-state index contributed by atoms with van der Waals surface area (Å²) in [7, 11) is 3.87. The highest BCUT2D eigenvalue weighted by atomic mass is 16.5. The molecular formula is C24H32N6O4. The van der Waals surface area contributed by atoms with Gasteiger partial charge >= 0.3 is 0 Å². The van der Waals surface area contributed by atoms with Gasteiger partial charge in [-0.3, -0.25) is 4.79 Å². The molecule has 0 spiro atoms. The van der Waals surface area contributed by atoms with Gasteiger partial charge < -0.3 is 34.3 Å². The van der Waals surface area contributed by atoms with Crippen LogP contribution in [0.4, 0.5) is 11.5 Å². The van der Waals surface area contributed by atoms with Crippen molar-refractivity contribution >= 4 is 28.4 Å². The van der Waals surface area contributed by atoms with E-state index in [9.17, 15) is 4.79 Å². The fourth-order valence-corrected chi connectivity index (χ4v) is 3.88. The molecule has 2 N–H and O–H groups in total. The number of ether oxygens (including phenoxy) is 3. The van der Waals surface area contributed by atoms with Gasteiger partial charge in [0.05, 0.1) is 12.0 Å². The lowest BCUT2D eigenvalue weighted by atomic mass is 10.2. The highest BCUT2D eigenvalue weighted by Crippen LogP contribution is 2.33. The number of hydrogen-bond acceptors (Lipinski definition) is 8. The molecule has 10 heteroatoms. The van der Waals surface area contributed by atoms with Gasteiger partial charge in [0, 0.05) is 44.7 Å². The third-order valence-corrected chi connectivity index (χ3v) is 5.70. The SMILES string of the molecule is CCOCCOc1ccc2cc1OCC(=O)N(C)CCCN(C)Cc1c[nH]c3ncnc(c13)N2. The molecule has 0 radical (unpaired) electrons. The summed E-state index contributed by atoms with van der Waals surface area (Å²) >= 11 is 0. The summed E-state index contributed by atoms with van der Waals surface area (Å²) in [6.07, 6.45) is 4.36. The fourth-order valence-electron chi connectivity index (χ4n) is 3.88. The Morgan fingerprint density at radius 1 is 1.18 bits per heavy atom. The van der Waals surface area contributed by atoms with E-state index in [4.69, 9.17) is 14.2 Å². The van der Waals surface area contributed by atoms with Gasteiger partial charge in [0.1, 0.15) is 24.4 Å². The summed E-state index contributed by atoms with van der Waals surface area (Å²) in [5.41, 5.74) is 2.64. The van der Waals surface area contributed by atoms with Gasteiger partial charge in [-0.1, -0.05) is 0 Å². The van der Waals surface area contributed by atoms with Crippen molar-refractivity contribution in [2.24, 2.45) is 0 Å². The van der Waals surface area contributed by atoms with Crippen molar-refractivity contribution < 1.29 is 19.0 Å². The van der Waals surface area contributed by atoms with E-state index in [2.05, 4.69) is 32.2 Å². The molecule has 2 bridgehead atoms. The van der Waals surface area contributed by atoms with E-state index in [0.29, 0.717) is 43.7 Å². The summed E-state index contributed by atoms with van der Waals surface area (Å²) in [4.78, 5) is 28.7. The van der Waals surface area contributed by atoms with Gasteiger partial charge in [0.2, 0.25) is 0 Å². The second-order valence-corrected chi connectivity index (χ2v) is 8.29. The first-order valence-electron chi connectivity index (χ1n) is 11.5. The average Bonchev–Trinajstić information content (AvgIpc) is 3.24. The monoisotopic (exact) mass is 468 g/mol. The van der Waals surface area contributed by atoms with Gasteiger partial charge in [-0.15, -0.1) is 0 Å². The number of carbonyl (C=O) groups is 1. The Kier molecular flexibility index (Phi) is 7.81. The van der Waals surface area contributed by atoms with Crippen molar-refractivity contribution in [1.29, 1.82) is 0 Å². The second-order valence-electron chi connectivity index (χ2n) is 8.29. The molecule has 0 aliphatic carbocycles. The topological polar surface area (TPSA) is 105 Å². The van der Waals surface area contributed by atoms with Crippen LogP contribution in [-0.2, 0) is 16.1 Å². The van der Waals surface area contributed by atoms with Gasteiger partial charge in [0.25, 0.3) is 5.91 Å². The lowest BCUT2D eigenvalue weighted by Crippen LogP contribution is -2.33. The van der Waals surface area contributed by atoms with Gasteiger partial charge in [-0.2, -0.15) is 0 Å². The Morgan fingerprint density at radius 2 is 2.06 bits per heavy atom. The lowest BCUT2D eigenvalue weighted by Gasteiger charge is -2.22. The van der Waals surface area contributed by atoms with E-state index in [1.165, 1.54) is 6.33 Å². The molecule has 0 atom stereocenters. The number of anilines is 2. The van der Waals surface area contributed by atoms with Crippen molar-refractivity contribution in [3.05, 3.63) is 36.3 Å². The molecule has 3 heterocycles. The summed E-state index contributed by atoms with van der Waals surface area (Å²) in [5.74, 6) is 1.65. The minimum absolute atomic E-state index is 0.0721. The first-order valence-corrected chi connectivity index (χ1v) is 11.5. The van der Waals surface area contributed by atoms with Gasteiger partial charge in [0.15, 0.2) is 18.1 Å². The van der Waals surface area contributed by atoms with E-state index in [-0.39, 0.29) is 12.5 Å². The second kappa shape index (κ2) is 11.2. The number of carbonyl (C=O) groups excluding carboxylic acids is 1. The number of rotatable bonds is 5. The standard InChI is InChI=1S/C24H32N6O4/c1-4-32-10-11-33-19-7-6-18-12-20(19)34-15-21(31)30(3)9-5-8-29(2)14-17-13-25-23-22(17)24(28-18)27-16-26-23/h6-7,12-13,16H,4-5,8-11,14-15H2,1-3H3,(H2,25,26,27,28). The van der Waals surface area contributed by atoms with Crippen LogP contribution in [0.2, 0.25) is 0 Å². The zero-order valence-corrected chi connectivity index (χ0v) is 20.0. The molecule has 0 saturated heterocycles. The predicted octanol–water partition coefficient (Wildman–Crippen LogP) is 2.79. The Morgan fingerprint density at radius 3 is 2.91 bits per heavy atom. The van der Waals surface area contributed by atoms with E-state index in [1.807, 2.05) is 31.3 Å². The zero-order valence-electron chi connectivity index (χ0n) is 20.0. The lowest BCUT2D eigenvalue weighted by molar-refractivity contribution is -0.132. The minimum Gasteiger partial charge on any atom is -0.487 e. The minimum atomic E-state index is -0.0844. The van der Waals surface area contributed by atoms with E-state index >= 15 is 0 Å². The number of hydrogen-bond donors (Lipinski definition) is 2. The number of aromatic amines is 1. The Balaban J connectivity index is 1.67. The highest BCUT2D eigenvalue weighted by molar-refractivity contribution is 5.92. The smallest absolute Gasteiger partial charge is 0.260 e. The molecule has 4 rings (SSSR count). The number of likely N-dealkylation sites (N-methyl/N-ethyl adjacent to an activating group) is 1. The van der Waals surface area contributed by atoms with Crippen LogP contribution < -0.4 is 14.8 Å². The van der Waals surface area contributed by atoms with Crippen LogP contribution in [-0.4, -0.2) is 84.3 Å². The number of amides is 1. The van der Waals surface area contributed by atoms with Crippen molar-refractivity contribution in [1.82, 2.24) is 24.8 Å². The maximum Gasteiger partial charge on any atom is 0.260 e. The summed E-state index contributed by atoms with van der Waals surface area (Å²) in [6, 6.07) is 5.54. The van der Waals surface area contributed by atoms with Crippen LogP contribution in [0, 0.1) is 0 Å². The largest absolute Gasteiger partial charge is 0.487 e. The molecule has 1 aromatic carbocycles. The number of nitrogens with one attached hydrogen (secondary N) is 2. The van der Waals surface area contributed by atoms with Crippen LogP contribution in [0.25, 0.3) is 11.0 Å². The number of fused-ring (bicyclic) bond motifs is 2. The molecule has 1 amide bonds. The molecule has 182 valence electrons. The Bertz CT molecular complexity index is 1120. The molecule has 3 aromatic rings. The molecule has 0 saturated carbocycles. The van der Waals surface area contributed by atoms with Crippen molar-refractivity contribution in [3.8, 4) is 11.5 Å².